The first-order valence-electron chi connectivity index (χ1n) is 4.24. The summed E-state index contributed by atoms with van der Waals surface area (Å²) in [4.78, 5) is 13.3. The van der Waals surface area contributed by atoms with E-state index in [-0.39, 0.29) is 0 Å². The number of aromatic nitrogens is 1. The van der Waals surface area contributed by atoms with E-state index >= 15 is 0 Å². The van der Waals surface area contributed by atoms with Crippen LogP contribution < -0.4 is 5.32 Å². The molecular weight excluding hydrogens is 200 g/mol. The van der Waals surface area contributed by atoms with Gasteiger partial charge < -0.3 is 10.3 Å². The number of hydrogen-bond donors (Lipinski definition) is 2. The van der Waals surface area contributed by atoms with Crippen molar-refractivity contribution < 1.29 is 4.79 Å². The zero-order valence-electron chi connectivity index (χ0n) is 7.38. The highest BCUT2D eigenvalue weighted by atomic mass is 35.5. The number of benzene rings is 1. The number of halogens is 1. The fourth-order valence-corrected chi connectivity index (χ4v) is 1.59. The maximum Gasteiger partial charge on any atom is 0.207 e. The predicted octanol–water partition coefficient (Wildman–Crippen LogP) is 2.07. The zero-order valence-corrected chi connectivity index (χ0v) is 8.14. The van der Waals surface area contributed by atoms with Crippen molar-refractivity contribution in [3.63, 3.8) is 0 Å². The smallest absolute Gasteiger partial charge is 0.207 e. The van der Waals surface area contributed by atoms with Crippen LogP contribution >= 0.6 is 11.6 Å². The highest BCUT2D eigenvalue weighted by Crippen LogP contribution is 2.19. The normalized spacial score (nSPS) is 10.4. The van der Waals surface area contributed by atoms with Crippen LogP contribution in [0.2, 0.25) is 5.02 Å². The number of nitrogens with one attached hydrogen (secondary N) is 2. The molecule has 2 aromatic rings. The molecule has 1 aromatic carbocycles. The fourth-order valence-electron chi connectivity index (χ4n) is 1.41. The van der Waals surface area contributed by atoms with E-state index in [4.69, 9.17) is 11.6 Å². The van der Waals surface area contributed by atoms with Gasteiger partial charge in [-0.25, -0.2) is 0 Å². The molecule has 1 amide bonds. The maximum absolute atomic E-state index is 10.1. The number of H-pyrrole nitrogens is 1. The molecule has 2 rings (SSSR count). The van der Waals surface area contributed by atoms with Crippen LogP contribution in [0.25, 0.3) is 10.9 Å². The Kier molecular flexibility index (Phi) is 2.41. The Morgan fingerprint density at radius 1 is 1.43 bits per heavy atom. The quantitative estimate of drug-likeness (QED) is 0.746. The summed E-state index contributed by atoms with van der Waals surface area (Å²) in [5, 5.41) is 4.37. The molecule has 0 radical (unpaired) electrons. The van der Waals surface area contributed by atoms with Crippen LogP contribution in [0.5, 0.6) is 0 Å². The number of fused-ring (bicyclic) bond motifs is 1. The van der Waals surface area contributed by atoms with Crippen molar-refractivity contribution in [2.45, 2.75) is 6.54 Å². The molecule has 0 unspecified atom stereocenters. The fraction of sp³-hybridized carbons (Fsp3) is 0.100. The van der Waals surface area contributed by atoms with Gasteiger partial charge >= 0.3 is 0 Å². The molecule has 0 aliphatic carbocycles. The molecule has 1 heterocycles. The van der Waals surface area contributed by atoms with Gasteiger partial charge in [0.2, 0.25) is 6.41 Å². The summed E-state index contributed by atoms with van der Waals surface area (Å²) in [6.45, 7) is 0.510. The first-order valence-corrected chi connectivity index (χ1v) is 4.61. The molecule has 0 spiro atoms. The van der Waals surface area contributed by atoms with Gasteiger partial charge in [0, 0.05) is 21.6 Å². The summed E-state index contributed by atoms with van der Waals surface area (Å²) in [6, 6.07) is 7.61. The second kappa shape index (κ2) is 3.72. The van der Waals surface area contributed by atoms with Gasteiger partial charge in [0.25, 0.3) is 0 Å². The Morgan fingerprint density at radius 3 is 3.07 bits per heavy atom. The largest absolute Gasteiger partial charge is 0.357 e. The molecule has 72 valence electrons. The van der Waals surface area contributed by atoms with Gasteiger partial charge in [-0.15, -0.1) is 0 Å². The highest BCUT2D eigenvalue weighted by molar-refractivity contribution is 6.31. The number of carbonyl (C=O) groups excluding carboxylic acids is 1. The van der Waals surface area contributed by atoms with Crippen molar-refractivity contribution in [1.29, 1.82) is 0 Å². The number of carbonyl (C=O) groups is 1. The van der Waals surface area contributed by atoms with Crippen molar-refractivity contribution in [3.05, 3.63) is 35.0 Å². The van der Waals surface area contributed by atoms with E-state index in [1.54, 1.807) is 0 Å². The molecule has 2 N–H and O–H groups in total. The average Bonchev–Trinajstić information content (AvgIpc) is 2.56. The Bertz CT molecular complexity index is 464. The second-order valence-electron chi connectivity index (χ2n) is 3.02. The zero-order chi connectivity index (χ0) is 9.97. The highest BCUT2D eigenvalue weighted by Gasteiger charge is 2.00. The van der Waals surface area contributed by atoms with Crippen LogP contribution in [-0.2, 0) is 11.3 Å². The standard InChI is InChI=1S/C10H9ClN2O/c11-8-1-2-10-7(3-8)4-9(13-10)5-12-6-14/h1-4,6,13H,5H2,(H,12,14). The first kappa shape index (κ1) is 9.09. The van der Waals surface area contributed by atoms with E-state index in [2.05, 4.69) is 10.3 Å². The summed E-state index contributed by atoms with van der Waals surface area (Å²) in [6.07, 6.45) is 0.679. The molecule has 0 fully saturated rings. The molecule has 0 aliphatic heterocycles. The lowest BCUT2D eigenvalue weighted by Crippen LogP contribution is -2.09. The number of rotatable bonds is 3. The van der Waals surface area contributed by atoms with E-state index < -0.39 is 0 Å². The Morgan fingerprint density at radius 2 is 2.29 bits per heavy atom. The monoisotopic (exact) mass is 208 g/mol. The molecule has 0 atom stereocenters. The van der Waals surface area contributed by atoms with Crippen molar-refractivity contribution in [2.75, 3.05) is 0 Å². The number of aromatic amines is 1. The minimum absolute atomic E-state index is 0.510. The second-order valence-corrected chi connectivity index (χ2v) is 3.46. The van der Waals surface area contributed by atoms with Gasteiger partial charge in [-0.1, -0.05) is 11.6 Å². The van der Waals surface area contributed by atoms with Gasteiger partial charge in [0.1, 0.15) is 0 Å². The third kappa shape index (κ3) is 1.72. The number of amides is 1. The van der Waals surface area contributed by atoms with Gasteiger partial charge in [-0.2, -0.15) is 0 Å². The van der Waals surface area contributed by atoms with E-state index in [1.807, 2.05) is 24.3 Å². The lowest BCUT2D eigenvalue weighted by Gasteiger charge is -1.92. The van der Waals surface area contributed by atoms with Gasteiger partial charge in [-0.05, 0) is 24.3 Å². The average molecular weight is 209 g/mol. The summed E-state index contributed by atoms with van der Waals surface area (Å²) in [5.41, 5.74) is 1.99. The van der Waals surface area contributed by atoms with E-state index in [1.165, 1.54) is 0 Å². The van der Waals surface area contributed by atoms with Crippen LogP contribution in [0.1, 0.15) is 5.69 Å². The molecule has 14 heavy (non-hydrogen) atoms. The van der Waals surface area contributed by atoms with Crippen molar-refractivity contribution in [2.24, 2.45) is 0 Å². The molecule has 0 saturated carbocycles. The predicted molar refractivity (Wildman–Crippen MR) is 56.2 cm³/mol. The molecule has 3 nitrogen and oxygen atoms in total. The Balaban J connectivity index is 2.36. The van der Waals surface area contributed by atoms with Gasteiger partial charge in [-0.3, -0.25) is 4.79 Å². The first-order chi connectivity index (χ1) is 6.79. The molecular formula is C10H9ClN2O. The third-order valence-electron chi connectivity index (χ3n) is 2.01. The van der Waals surface area contributed by atoms with Gasteiger partial charge in [0.05, 0.1) is 6.54 Å². The minimum atomic E-state index is 0.510. The summed E-state index contributed by atoms with van der Waals surface area (Å²) in [7, 11) is 0. The Labute approximate surface area is 86.1 Å². The van der Waals surface area contributed by atoms with Crippen molar-refractivity contribution >= 4 is 28.9 Å². The third-order valence-corrected chi connectivity index (χ3v) is 2.25. The molecule has 0 saturated heterocycles. The molecule has 4 heteroatoms. The number of hydrogen-bond acceptors (Lipinski definition) is 1. The lowest BCUT2D eigenvalue weighted by molar-refractivity contribution is -0.109. The summed E-state index contributed by atoms with van der Waals surface area (Å²) >= 11 is 5.85. The van der Waals surface area contributed by atoms with E-state index in [0.29, 0.717) is 18.0 Å². The SMILES string of the molecule is O=CNCc1cc2cc(Cl)ccc2[nH]1. The van der Waals surface area contributed by atoms with Crippen molar-refractivity contribution in [1.82, 2.24) is 10.3 Å². The van der Waals surface area contributed by atoms with E-state index in [0.717, 1.165) is 16.6 Å². The van der Waals surface area contributed by atoms with Crippen LogP contribution in [0.3, 0.4) is 0 Å². The Hall–Kier alpha value is -1.48. The van der Waals surface area contributed by atoms with Gasteiger partial charge in [0.15, 0.2) is 0 Å². The van der Waals surface area contributed by atoms with Crippen LogP contribution in [0, 0.1) is 0 Å². The van der Waals surface area contributed by atoms with E-state index in [9.17, 15) is 4.79 Å². The van der Waals surface area contributed by atoms with Crippen molar-refractivity contribution in [3.8, 4) is 0 Å². The molecule has 1 aromatic heterocycles. The van der Waals surface area contributed by atoms with Crippen LogP contribution in [-0.4, -0.2) is 11.4 Å². The summed E-state index contributed by atoms with van der Waals surface area (Å²) in [5.74, 6) is 0. The van der Waals surface area contributed by atoms with Crippen LogP contribution in [0.15, 0.2) is 24.3 Å². The maximum atomic E-state index is 10.1. The molecule has 0 aliphatic rings. The summed E-state index contributed by atoms with van der Waals surface area (Å²) < 4.78 is 0. The minimum Gasteiger partial charge on any atom is -0.357 e. The molecule has 0 bridgehead atoms. The topological polar surface area (TPSA) is 44.9 Å². The van der Waals surface area contributed by atoms with Crippen LogP contribution in [0.4, 0.5) is 0 Å². The lowest BCUT2D eigenvalue weighted by atomic mass is 10.2.